The molecule has 1 aliphatic heterocycles. The van der Waals surface area contributed by atoms with E-state index in [0.29, 0.717) is 18.5 Å². The van der Waals surface area contributed by atoms with Crippen molar-refractivity contribution >= 4 is 5.91 Å². The van der Waals surface area contributed by atoms with Crippen molar-refractivity contribution in [2.24, 2.45) is 5.92 Å². The van der Waals surface area contributed by atoms with Crippen LogP contribution in [-0.4, -0.2) is 25.5 Å². The summed E-state index contributed by atoms with van der Waals surface area (Å²) in [7, 11) is 0. The molecule has 0 spiro atoms. The van der Waals surface area contributed by atoms with Gasteiger partial charge in [-0.25, -0.2) is 8.78 Å². The number of rotatable bonds is 4. The van der Waals surface area contributed by atoms with Gasteiger partial charge in [0, 0.05) is 25.1 Å². The van der Waals surface area contributed by atoms with Crippen molar-refractivity contribution in [3.05, 3.63) is 47.0 Å². The zero-order valence-electron chi connectivity index (χ0n) is 11.7. The normalized spacial score (nSPS) is 24.4. The molecule has 0 aromatic heterocycles. The van der Waals surface area contributed by atoms with Crippen LogP contribution in [0.2, 0.25) is 0 Å². The minimum atomic E-state index is -0.587. The van der Waals surface area contributed by atoms with Crippen LogP contribution in [0.15, 0.2) is 29.8 Å². The summed E-state index contributed by atoms with van der Waals surface area (Å²) in [5, 5.41) is 6.13. The fraction of sp³-hybridized carbons (Fsp3) is 0.438. The summed E-state index contributed by atoms with van der Waals surface area (Å²) < 4.78 is 26.5. The molecule has 1 amide bonds. The van der Waals surface area contributed by atoms with Gasteiger partial charge in [0.2, 0.25) is 5.91 Å². The van der Waals surface area contributed by atoms with E-state index >= 15 is 0 Å². The van der Waals surface area contributed by atoms with E-state index in [1.165, 1.54) is 17.7 Å². The number of carbonyl (C=O) groups excluding carboxylic acids is 1. The highest BCUT2D eigenvalue weighted by molar-refractivity contribution is 5.83. The van der Waals surface area contributed by atoms with Crippen LogP contribution in [-0.2, 0) is 4.79 Å². The molecule has 1 aromatic carbocycles. The first-order valence-electron chi connectivity index (χ1n) is 7.26. The van der Waals surface area contributed by atoms with Crippen LogP contribution in [0, 0.1) is 17.6 Å². The highest BCUT2D eigenvalue weighted by atomic mass is 19.1. The Hall–Kier alpha value is -1.75. The number of hydrogen-bond acceptors (Lipinski definition) is 2. The van der Waals surface area contributed by atoms with Gasteiger partial charge in [-0.3, -0.25) is 4.79 Å². The van der Waals surface area contributed by atoms with Crippen LogP contribution in [0.1, 0.15) is 24.3 Å². The highest BCUT2D eigenvalue weighted by Gasteiger charge is 2.45. The topological polar surface area (TPSA) is 41.1 Å². The van der Waals surface area contributed by atoms with Gasteiger partial charge in [-0.15, -0.1) is 0 Å². The molecule has 0 saturated heterocycles. The van der Waals surface area contributed by atoms with Gasteiger partial charge in [-0.1, -0.05) is 17.7 Å². The van der Waals surface area contributed by atoms with Crippen molar-refractivity contribution in [3.63, 3.8) is 0 Å². The fourth-order valence-electron chi connectivity index (χ4n) is 2.79. The van der Waals surface area contributed by atoms with E-state index in [9.17, 15) is 13.6 Å². The third kappa shape index (κ3) is 3.29. The van der Waals surface area contributed by atoms with Gasteiger partial charge in [0.1, 0.15) is 11.6 Å². The van der Waals surface area contributed by atoms with Gasteiger partial charge in [0.15, 0.2) is 0 Å². The van der Waals surface area contributed by atoms with Crippen LogP contribution in [0.4, 0.5) is 8.78 Å². The minimum absolute atomic E-state index is 0.0387. The lowest BCUT2D eigenvalue weighted by Gasteiger charge is -2.14. The predicted molar refractivity (Wildman–Crippen MR) is 75.8 cm³/mol. The molecular formula is C16H18F2N2O. The maximum Gasteiger partial charge on any atom is 0.224 e. The molecule has 1 saturated carbocycles. The van der Waals surface area contributed by atoms with Crippen molar-refractivity contribution in [2.75, 3.05) is 19.6 Å². The molecule has 3 rings (SSSR count). The number of hydrogen-bond donors (Lipinski definition) is 2. The van der Waals surface area contributed by atoms with E-state index in [-0.39, 0.29) is 17.7 Å². The lowest BCUT2D eigenvalue weighted by Crippen LogP contribution is -2.30. The summed E-state index contributed by atoms with van der Waals surface area (Å²) in [4.78, 5) is 12.1. The van der Waals surface area contributed by atoms with Crippen LogP contribution in [0.5, 0.6) is 0 Å². The Balaban J connectivity index is 1.54. The van der Waals surface area contributed by atoms with Crippen molar-refractivity contribution < 1.29 is 13.6 Å². The molecule has 21 heavy (non-hydrogen) atoms. The summed E-state index contributed by atoms with van der Waals surface area (Å²) in [6, 6.07) is 3.56. The molecule has 1 aliphatic carbocycles. The molecular weight excluding hydrogens is 274 g/mol. The van der Waals surface area contributed by atoms with Crippen LogP contribution >= 0.6 is 0 Å². The molecule has 1 fully saturated rings. The number of nitrogens with one attached hydrogen (secondary N) is 2. The van der Waals surface area contributed by atoms with Crippen molar-refractivity contribution in [3.8, 4) is 0 Å². The number of benzene rings is 1. The van der Waals surface area contributed by atoms with Gasteiger partial charge in [0.05, 0.1) is 0 Å². The molecule has 2 unspecified atom stereocenters. The molecule has 1 heterocycles. The molecule has 112 valence electrons. The van der Waals surface area contributed by atoms with E-state index in [1.807, 2.05) is 0 Å². The average molecular weight is 292 g/mol. The first kappa shape index (κ1) is 14.2. The predicted octanol–water partition coefficient (Wildman–Crippen LogP) is 2.10. The molecule has 2 atom stereocenters. The molecule has 0 bridgehead atoms. The third-order valence-corrected chi connectivity index (χ3v) is 4.14. The molecule has 5 heteroatoms. The zero-order valence-corrected chi connectivity index (χ0v) is 11.7. The lowest BCUT2D eigenvalue weighted by atomic mass is 10.1. The summed E-state index contributed by atoms with van der Waals surface area (Å²) in [6.45, 7) is 2.35. The Kier molecular flexibility index (Phi) is 4.01. The van der Waals surface area contributed by atoms with Crippen molar-refractivity contribution in [1.82, 2.24) is 10.6 Å². The number of halogens is 2. The Morgan fingerprint density at radius 2 is 2.24 bits per heavy atom. The quantitative estimate of drug-likeness (QED) is 0.835. The third-order valence-electron chi connectivity index (χ3n) is 4.14. The van der Waals surface area contributed by atoms with Crippen molar-refractivity contribution in [2.45, 2.75) is 18.8 Å². The molecule has 2 N–H and O–H groups in total. The Labute approximate surface area is 122 Å². The van der Waals surface area contributed by atoms with Crippen molar-refractivity contribution in [1.29, 1.82) is 0 Å². The molecule has 2 aliphatic rings. The fourth-order valence-corrected chi connectivity index (χ4v) is 2.79. The Morgan fingerprint density at radius 1 is 1.38 bits per heavy atom. The second-order valence-electron chi connectivity index (χ2n) is 5.65. The van der Waals surface area contributed by atoms with Gasteiger partial charge >= 0.3 is 0 Å². The molecule has 0 radical (unpaired) electrons. The van der Waals surface area contributed by atoms with Crippen LogP contribution in [0.3, 0.4) is 0 Å². The second kappa shape index (κ2) is 5.93. The van der Waals surface area contributed by atoms with E-state index in [2.05, 4.69) is 16.7 Å². The summed E-state index contributed by atoms with van der Waals surface area (Å²) >= 11 is 0. The van der Waals surface area contributed by atoms with E-state index < -0.39 is 11.6 Å². The SMILES string of the molecule is O=C(NCC1=CCNCC1)C1CC1c1ccc(F)cc1F. The maximum absolute atomic E-state index is 13.7. The minimum Gasteiger partial charge on any atom is -0.352 e. The van der Waals surface area contributed by atoms with E-state index in [1.54, 1.807) is 0 Å². The average Bonchev–Trinajstić information content (AvgIpc) is 3.26. The van der Waals surface area contributed by atoms with Gasteiger partial charge in [-0.05, 0) is 36.9 Å². The van der Waals surface area contributed by atoms with Gasteiger partial charge in [-0.2, -0.15) is 0 Å². The van der Waals surface area contributed by atoms with Gasteiger partial charge in [0.25, 0.3) is 0 Å². The number of amides is 1. The molecule has 1 aromatic rings. The highest BCUT2D eigenvalue weighted by Crippen LogP contribution is 2.48. The summed E-state index contributed by atoms with van der Waals surface area (Å²) in [5.74, 6) is -1.49. The van der Waals surface area contributed by atoms with E-state index in [0.717, 1.165) is 25.6 Å². The largest absolute Gasteiger partial charge is 0.352 e. The van der Waals surface area contributed by atoms with E-state index in [4.69, 9.17) is 0 Å². The first-order valence-corrected chi connectivity index (χ1v) is 7.26. The van der Waals surface area contributed by atoms with Gasteiger partial charge < -0.3 is 10.6 Å². The summed E-state index contributed by atoms with van der Waals surface area (Å²) in [6.07, 6.45) is 3.67. The monoisotopic (exact) mass is 292 g/mol. The standard InChI is InChI=1S/C16H18F2N2O/c17-11-1-2-12(15(18)7-11)13-8-14(13)16(21)20-9-10-3-5-19-6-4-10/h1-3,7,13-14,19H,4-6,8-9H2,(H,20,21). The number of carbonyl (C=O) groups is 1. The smallest absolute Gasteiger partial charge is 0.224 e. The Bertz CT molecular complexity index is 586. The molecule has 3 nitrogen and oxygen atoms in total. The first-order chi connectivity index (χ1) is 10.1. The zero-order chi connectivity index (χ0) is 14.8. The Morgan fingerprint density at radius 3 is 2.95 bits per heavy atom. The summed E-state index contributed by atoms with van der Waals surface area (Å²) in [5.41, 5.74) is 1.67. The second-order valence-corrected chi connectivity index (χ2v) is 5.65. The lowest BCUT2D eigenvalue weighted by molar-refractivity contribution is -0.122. The maximum atomic E-state index is 13.7. The van der Waals surface area contributed by atoms with Crippen LogP contribution in [0.25, 0.3) is 0 Å². The van der Waals surface area contributed by atoms with Crippen LogP contribution < -0.4 is 10.6 Å².